The average molecular weight is 448 g/mol. The Morgan fingerprint density at radius 1 is 1.12 bits per heavy atom. The van der Waals surface area contributed by atoms with Crippen molar-refractivity contribution in [1.82, 2.24) is 5.32 Å². The molecule has 0 saturated heterocycles. The lowest BCUT2D eigenvalue weighted by Gasteiger charge is -2.27. The van der Waals surface area contributed by atoms with Gasteiger partial charge in [-0.3, -0.25) is 0 Å². The van der Waals surface area contributed by atoms with Gasteiger partial charge in [0.05, 0.1) is 18.3 Å². The van der Waals surface area contributed by atoms with Crippen molar-refractivity contribution >= 4 is 5.97 Å². The summed E-state index contributed by atoms with van der Waals surface area (Å²) in [4.78, 5) is 11.1. The lowest BCUT2D eigenvalue weighted by Crippen LogP contribution is -2.36. The fourth-order valence-electron chi connectivity index (χ4n) is 4.05. The Labute approximate surface area is 193 Å². The van der Waals surface area contributed by atoms with E-state index in [0.29, 0.717) is 19.7 Å². The molecule has 0 amide bonds. The van der Waals surface area contributed by atoms with Crippen molar-refractivity contribution in [2.75, 3.05) is 19.7 Å². The molecule has 0 aliphatic carbocycles. The molecule has 0 aromatic heterocycles. The van der Waals surface area contributed by atoms with Crippen LogP contribution in [0.5, 0.6) is 11.5 Å². The highest BCUT2D eigenvalue weighted by atomic mass is 16.5. The molecule has 3 aromatic carbocycles. The number of hydrogen-bond acceptors (Lipinski definition) is 5. The molecule has 1 aliphatic heterocycles. The van der Waals surface area contributed by atoms with E-state index in [1.807, 2.05) is 55.5 Å². The number of hydrogen-bond donors (Lipinski definition) is 3. The number of aliphatic hydroxyl groups excluding tert-OH is 1. The van der Waals surface area contributed by atoms with Crippen LogP contribution in [0.1, 0.15) is 40.9 Å². The lowest BCUT2D eigenvalue weighted by molar-refractivity contribution is 0.0697. The minimum Gasteiger partial charge on any atom is -0.494 e. The first kappa shape index (κ1) is 22.8. The monoisotopic (exact) mass is 447 g/mol. The van der Waals surface area contributed by atoms with Crippen molar-refractivity contribution in [3.8, 4) is 22.6 Å². The van der Waals surface area contributed by atoms with Gasteiger partial charge in [0.15, 0.2) is 0 Å². The van der Waals surface area contributed by atoms with Gasteiger partial charge in [-0.05, 0) is 78.4 Å². The topological polar surface area (TPSA) is 88.0 Å². The van der Waals surface area contributed by atoms with Crippen LogP contribution in [-0.4, -0.2) is 42.0 Å². The van der Waals surface area contributed by atoms with E-state index in [1.165, 1.54) is 0 Å². The summed E-state index contributed by atoms with van der Waals surface area (Å²) in [7, 11) is 0. The number of rotatable bonds is 9. The maximum absolute atomic E-state index is 11.1. The Kier molecular flexibility index (Phi) is 7.27. The number of aliphatic hydroxyl groups is 1. The second-order valence-electron chi connectivity index (χ2n) is 8.16. The maximum Gasteiger partial charge on any atom is 0.335 e. The van der Waals surface area contributed by atoms with E-state index in [2.05, 4.69) is 11.4 Å². The minimum absolute atomic E-state index is 0.0418. The van der Waals surface area contributed by atoms with E-state index in [-0.39, 0.29) is 11.7 Å². The number of carboxylic acid groups (broad SMARTS) is 1. The van der Waals surface area contributed by atoms with Crippen LogP contribution in [0.2, 0.25) is 0 Å². The Hall–Kier alpha value is -3.35. The smallest absolute Gasteiger partial charge is 0.335 e. The first-order valence-corrected chi connectivity index (χ1v) is 11.3. The molecule has 0 spiro atoms. The van der Waals surface area contributed by atoms with Gasteiger partial charge >= 0.3 is 5.97 Å². The molecule has 0 radical (unpaired) electrons. The summed E-state index contributed by atoms with van der Waals surface area (Å²) in [6.45, 7) is 3.62. The first-order valence-electron chi connectivity index (χ1n) is 11.3. The van der Waals surface area contributed by atoms with Gasteiger partial charge in [-0.25, -0.2) is 4.79 Å². The number of carbonyl (C=O) groups is 1. The fraction of sp³-hybridized carbons (Fsp3) is 0.296. The van der Waals surface area contributed by atoms with Crippen LogP contribution in [0.25, 0.3) is 11.1 Å². The third-order valence-electron chi connectivity index (χ3n) is 5.82. The van der Waals surface area contributed by atoms with Crippen molar-refractivity contribution in [1.29, 1.82) is 0 Å². The van der Waals surface area contributed by atoms with E-state index in [1.54, 1.807) is 12.1 Å². The van der Waals surface area contributed by atoms with Crippen molar-refractivity contribution in [2.45, 2.75) is 32.0 Å². The van der Waals surface area contributed by atoms with Crippen LogP contribution >= 0.6 is 0 Å². The van der Waals surface area contributed by atoms with Crippen molar-refractivity contribution in [3.05, 3.63) is 83.4 Å². The van der Waals surface area contributed by atoms with Gasteiger partial charge in [-0.15, -0.1) is 0 Å². The van der Waals surface area contributed by atoms with Gasteiger partial charge in [-0.2, -0.15) is 0 Å². The number of nitrogens with one attached hydrogen (secondary N) is 1. The number of benzene rings is 3. The van der Waals surface area contributed by atoms with Crippen molar-refractivity contribution in [2.24, 2.45) is 0 Å². The number of fused-ring (bicyclic) bond motifs is 1. The van der Waals surface area contributed by atoms with E-state index in [4.69, 9.17) is 14.6 Å². The maximum atomic E-state index is 11.1. The molecule has 3 aromatic rings. The molecule has 1 unspecified atom stereocenters. The molecular formula is C27H29NO5. The molecule has 0 fully saturated rings. The summed E-state index contributed by atoms with van der Waals surface area (Å²) in [6, 6.07) is 20.5. The second kappa shape index (κ2) is 10.5. The number of aryl methyl sites for hydroxylation is 1. The summed E-state index contributed by atoms with van der Waals surface area (Å²) < 4.78 is 11.7. The van der Waals surface area contributed by atoms with Crippen LogP contribution in [0.4, 0.5) is 0 Å². The van der Waals surface area contributed by atoms with Crippen LogP contribution in [0.15, 0.2) is 66.7 Å². The third kappa shape index (κ3) is 5.72. The molecule has 6 nitrogen and oxygen atoms in total. The van der Waals surface area contributed by atoms with Crippen LogP contribution in [-0.2, 0) is 6.42 Å². The first-order chi connectivity index (χ1) is 16.0. The van der Waals surface area contributed by atoms with Gasteiger partial charge in [-0.1, -0.05) is 30.3 Å². The molecule has 0 bridgehead atoms. The van der Waals surface area contributed by atoms with Crippen molar-refractivity contribution < 1.29 is 24.5 Å². The normalized spacial score (nSPS) is 15.9. The largest absolute Gasteiger partial charge is 0.494 e. The summed E-state index contributed by atoms with van der Waals surface area (Å²) in [5, 5.41) is 22.9. The predicted octanol–water partition coefficient (Wildman–Crippen LogP) is 4.47. The van der Waals surface area contributed by atoms with Crippen LogP contribution in [0, 0.1) is 0 Å². The Morgan fingerprint density at radius 3 is 2.67 bits per heavy atom. The summed E-state index contributed by atoms with van der Waals surface area (Å²) >= 11 is 0. The molecule has 172 valence electrons. The molecule has 2 atom stereocenters. The number of carboxylic acids is 1. The molecule has 1 heterocycles. The second-order valence-corrected chi connectivity index (χ2v) is 8.16. The van der Waals surface area contributed by atoms with Gasteiger partial charge in [0.1, 0.15) is 17.6 Å². The number of ether oxygens (including phenoxy) is 2. The number of aromatic carboxylic acids is 1. The van der Waals surface area contributed by atoms with E-state index in [9.17, 15) is 9.90 Å². The highest BCUT2D eigenvalue weighted by Gasteiger charge is 2.20. The zero-order chi connectivity index (χ0) is 23.2. The van der Waals surface area contributed by atoms with E-state index < -0.39 is 12.1 Å². The predicted molar refractivity (Wildman–Crippen MR) is 127 cm³/mol. The minimum atomic E-state index is -0.924. The standard InChI is InChI=1S/C27H29NO5/c1-2-32-23-5-3-4-21(15-23)25(29)17-28-16-24-12-10-22-14-20(11-13-26(22)33-24)18-6-8-19(9-7-18)27(30)31/h3-9,11,13-15,24-25,28-29H,2,10,12,16-17H2,1H3,(H,30,31)/t24-,25?/m1/s1. The molecule has 0 saturated carbocycles. The Morgan fingerprint density at radius 2 is 1.91 bits per heavy atom. The molecule has 33 heavy (non-hydrogen) atoms. The highest BCUT2D eigenvalue weighted by Crippen LogP contribution is 2.32. The van der Waals surface area contributed by atoms with E-state index in [0.717, 1.165) is 46.6 Å². The summed E-state index contributed by atoms with van der Waals surface area (Å²) in [6.07, 6.45) is 1.22. The molecular weight excluding hydrogens is 418 g/mol. The van der Waals surface area contributed by atoms with Crippen LogP contribution in [0.3, 0.4) is 0 Å². The zero-order valence-electron chi connectivity index (χ0n) is 18.7. The Balaban J connectivity index is 1.31. The summed E-state index contributed by atoms with van der Waals surface area (Å²) in [5.74, 6) is 0.717. The van der Waals surface area contributed by atoms with Crippen LogP contribution < -0.4 is 14.8 Å². The quantitative estimate of drug-likeness (QED) is 0.449. The lowest BCUT2D eigenvalue weighted by atomic mass is 9.96. The van der Waals surface area contributed by atoms with Gasteiger partial charge in [0, 0.05) is 13.1 Å². The molecule has 4 rings (SSSR count). The highest BCUT2D eigenvalue weighted by molar-refractivity contribution is 5.88. The zero-order valence-corrected chi connectivity index (χ0v) is 18.7. The molecule has 3 N–H and O–H groups in total. The van der Waals surface area contributed by atoms with Crippen molar-refractivity contribution in [3.63, 3.8) is 0 Å². The average Bonchev–Trinajstić information content (AvgIpc) is 2.84. The molecule has 1 aliphatic rings. The Bertz CT molecular complexity index is 1100. The van der Waals surface area contributed by atoms with Gasteiger partial charge in [0.25, 0.3) is 0 Å². The summed E-state index contributed by atoms with van der Waals surface area (Å²) in [5.41, 5.74) is 4.28. The SMILES string of the molecule is CCOc1cccc(C(O)CNC[C@H]2CCc3cc(-c4ccc(C(=O)O)cc4)ccc3O2)c1. The van der Waals surface area contributed by atoms with Gasteiger partial charge in [0.2, 0.25) is 0 Å². The fourth-order valence-corrected chi connectivity index (χ4v) is 4.05. The van der Waals surface area contributed by atoms with E-state index >= 15 is 0 Å². The molecule has 6 heteroatoms. The van der Waals surface area contributed by atoms with Gasteiger partial charge < -0.3 is 25.0 Å². The third-order valence-corrected chi connectivity index (χ3v) is 5.82.